The highest BCUT2D eigenvalue weighted by Crippen LogP contribution is 2.13. The van der Waals surface area contributed by atoms with Crippen molar-refractivity contribution in [3.05, 3.63) is 35.6 Å². The van der Waals surface area contributed by atoms with E-state index in [9.17, 15) is 14.4 Å². The van der Waals surface area contributed by atoms with Crippen molar-refractivity contribution in [1.29, 1.82) is 5.26 Å². The molecule has 0 aromatic heterocycles. The number of carbonyl (C=O) groups is 1. The van der Waals surface area contributed by atoms with E-state index in [1.165, 1.54) is 12.1 Å². The number of amides is 1. The van der Waals surface area contributed by atoms with E-state index in [2.05, 4.69) is 35.0 Å². The average molecular weight is 332 g/mol. The fourth-order valence-electron chi connectivity index (χ4n) is 2.91. The van der Waals surface area contributed by atoms with E-state index in [0.29, 0.717) is 19.0 Å². The zero-order valence-corrected chi connectivity index (χ0v) is 14.3. The maximum atomic E-state index is 12.8. The van der Waals surface area contributed by atoms with Gasteiger partial charge in [-0.05, 0) is 23.6 Å². The van der Waals surface area contributed by atoms with Gasteiger partial charge in [0.15, 0.2) is 0 Å². The highest BCUT2D eigenvalue weighted by molar-refractivity contribution is 5.78. The first-order valence-corrected chi connectivity index (χ1v) is 8.36. The van der Waals surface area contributed by atoms with Crippen LogP contribution in [0.15, 0.2) is 24.3 Å². The number of nitrogens with zero attached hydrogens (tertiary/aromatic N) is 3. The fourth-order valence-corrected chi connectivity index (χ4v) is 2.91. The first-order valence-electron chi connectivity index (χ1n) is 8.36. The Balaban J connectivity index is 1.72. The zero-order valence-electron chi connectivity index (χ0n) is 14.3. The molecule has 24 heavy (non-hydrogen) atoms. The Morgan fingerprint density at radius 1 is 1.25 bits per heavy atom. The van der Waals surface area contributed by atoms with Gasteiger partial charge >= 0.3 is 0 Å². The smallest absolute Gasteiger partial charge is 0.234 e. The monoisotopic (exact) mass is 332 g/mol. The molecule has 1 atom stereocenters. The molecule has 130 valence electrons. The minimum absolute atomic E-state index is 0.0338. The minimum atomic E-state index is -0.278. The lowest BCUT2D eigenvalue weighted by atomic mass is 10.0. The summed E-state index contributed by atoms with van der Waals surface area (Å²) in [6.07, 6.45) is 0. The molecule has 1 aliphatic heterocycles. The topological polar surface area (TPSA) is 59.4 Å². The van der Waals surface area contributed by atoms with Crippen molar-refractivity contribution in [2.24, 2.45) is 5.92 Å². The zero-order chi connectivity index (χ0) is 17.5. The van der Waals surface area contributed by atoms with Crippen molar-refractivity contribution in [2.75, 3.05) is 32.7 Å². The fraction of sp³-hybridized carbons (Fsp3) is 0.556. The summed E-state index contributed by atoms with van der Waals surface area (Å²) in [5.41, 5.74) is 0.878. The SMILES string of the molecule is CC(C)[C@@H](C#N)N1CCN(CC(=O)NCc2ccc(F)cc2)CC1. The van der Waals surface area contributed by atoms with Crippen LogP contribution in [0.3, 0.4) is 0 Å². The number of halogens is 1. The standard InChI is InChI=1S/C18H25FN4O/c1-14(2)17(11-20)23-9-7-22(8-10-23)13-18(24)21-12-15-3-5-16(19)6-4-15/h3-6,14,17H,7-10,12-13H2,1-2H3,(H,21,24)/t17-/m1/s1. The molecular formula is C18H25FN4O. The predicted octanol–water partition coefficient (Wildman–Crippen LogP) is 1.61. The third-order valence-electron chi connectivity index (χ3n) is 4.33. The van der Waals surface area contributed by atoms with Gasteiger partial charge in [0.2, 0.25) is 5.91 Å². The Labute approximate surface area is 143 Å². The quantitative estimate of drug-likeness (QED) is 0.860. The Hall–Kier alpha value is -1.97. The van der Waals surface area contributed by atoms with Crippen LogP contribution in [0, 0.1) is 23.1 Å². The van der Waals surface area contributed by atoms with Crippen LogP contribution in [0.1, 0.15) is 19.4 Å². The van der Waals surface area contributed by atoms with Crippen LogP contribution in [0.25, 0.3) is 0 Å². The molecule has 1 heterocycles. The summed E-state index contributed by atoms with van der Waals surface area (Å²) in [4.78, 5) is 16.3. The van der Waals surface area contributed by atoms with Gasteiger partial charge in [-0.3, -0.25) is 14.6 Å². The van der Waals surface area contributed by atoms with Gasteiger partial charge in [-0.25, -0.2) is 4.39 Å². The van der Waals surface area contributed by atoms with Crippen LogP contribution in [0.2, 0.25) is 0 Å². The molecule has 0 bridgehead atoms. The lowest BCUT2D eigenvalue weighted by Crippen LogP contribution is -2.53. The largest absolute Gasteiger partial charge is 0.351 e. The normalized spacial score (nSPS) is 17.5. The molecule has 1 saturated heterocycles. The van der Waals surface area contributed by atoms with E-state index in [-0.39, 0.29) is 17.8 Å². The molecule has 0 aliphatic carbocycles. The molecule has 2 rings (SSSR count). The van der Waals surface area contributed by atoms with E-state index in [1.54, 1.807) is 12.1 Å². The highest BCUT2D eigenvalue weighted by atomic mass is 19.1. The molecule has 0 saturated carbocycles. The predicted molar refractivity (Wildman–Crippen MR) is 90.5 cm³/mol. The molecule has 0 radical (unpaired) electrons. The highest BCUT2D eigenvalue weighted by Gasteiger charge is 2.26. The summed E-state index contributed by atoms with van der Waals surface area (Å²) in [5.74, 6) is -0.00551. The van der Waals surface area contributed by atoms with E-state index in [1.807, 2.05) is 0 Å². The van der Waals surface area contributed by atoms with Crippen LogP contribution in [0.4, 0.5) is 4.39 Å². The summed E-state index contributed by atoms with van der Waals surface area (Å²) in [5, 5.41) is 12.1. The summed E-state index contributed by atoms with van der Waals surface area (Å²) >= 11 is 0. The van der Waals surface area contributed by atoms with Crippen molar-refractivity contribution in [3.8, 4) is 6.07 Å². The van der Waals surface area contributed by atoms with Crippen molar-refractivity contribution in [1.82, 2.24) is 15.1 Å². The van der Waals surface area contributed by atoms with Crippen molar-refractivity contribution in [3.63, 3.8) is 0 Å². The summed E-state index contributed by atoms with van der Waals surface area (Å²) in [7, 11) is 0. The van der Waals surface area contributed by atoms with E-state index >= 15 is 0 Å². The van der Waals surface area contributed by atoms with E-state index in [0.717, 1.165) is 31.7 Å². The molecule has 5 nitrogen and oxygen atoms in total. The third kappa shape index (κ3) is 5.29. The molecule has 1 fully saturated rings. The number of carbonyl (C=O) groups excluding carboxylic acids is 1. The molecular weight excluding hydrogens is 307 g/mol. The molecule has 1 amide bonds. The van der Waals surface area contributed by atoms with Gasteiger partial charge in [-0.1, -0.05) is 26.0 Å². The number of piperazine rings is 1. The van der Waals surface area contributed by atoms with Gasteiger partial charge in [0.05, 0.1) is 12.6 Å². The molecule has 0 unspecified atom stereocenters. The van der Waals surface area contributed by atoms with E-state index in [4.69, 9.17) is 0 Å². The number of nitrogens with one attached hydrogen (secondary N) is 1. The van der Waals surface area contributed by atoms with E-state index < -0.39 is 0 Å². The van der Waals surface area contributed by atoms with Crippen molar-refractivity contribution >= 4 is 5.91 Å². The first-order chi connectivity index (χ1) is 11.5. The average Bonchev–Trinajstić information content (AvgIpc) is 2.56. The summed E-state index contributed by atoms with van der Waals surface area (Å²) in [6.45, 7) is 8.07. The second kappa shape index (κ2) is 8.76. The van der Waals surface area contributed by atoms with Crippen LogP contribution in [-0.2, 0) is 11.3 Å². The molecule has 1 aromatic carbocycles. The first kappa shape index (κ1) is 18.4. The maximum Gasteiger partial charge on any atom is 0.234 e. The molecule has 1 aromatic rings. The van der Waals surface area contributed by atoms with Gasteiger partial charge in [0, 0.05) is 32.7 Å². The minimum Gasteiger partial charge on any atom is -0.351 e. The number of benzene rings is 1. The Morgan fingerprint density at radius 2 is 1.88 bits per heavy atom. The van der Waals surface area contributed by atoms with Gasteiger partial charge in [-0.2, -0.15) is 5.26 Å². The van der Waals surface area contributed by atoms with Gasteiger partial charge in [0.1, 0.15) is 11.9 Å². The van der Waals surface area contributed by atoms with Gasteiger partial charge in [-0.15, -0.1) is 0 Å². The molecule has 1 aliphatic rings. The van der Waals surface area contributed by atoms with Crippen LogP contribution >= 0.6 is 0 Å². The number of rotatable bonds is 6. The van der Waals surface area contributed by atoms with Crippen LogP contribution < -0.4 is 5.32 Å². The Bertz CT molecular complexity index is 574. The lowest BCUT2D eigenvalue weighted by Gasteiger charge is -2.37. The van der Waals surface area contributed by atoms with Crippen LogP contribution in [-0.4, -0.2) is 54.5 Å². The Kier molecular flexibility index (Phi) is 6.71. The number of hydrogen-bond donors (Lipinski definition) is 1. The van der Waals surface area contributed by atoms with Crippen molar-refractivity contribution < 1.29 is 9.18 Å². The number of hydrogen-bond acceptors (Lipinski definition) is 4. The summed E-state index contributed by atoms with van der Waals surface area (Å²) in [6, 6.07) is 8.43. The van der Waals surface area contributed by atoms with Gasteiger partial charge < -0.3 is 5.32 Å². The lowest BCUT2D eigenvalue weighted by molar-refractivity contribution is -0.122. The van der Waals surface area contributed by atoms with Gasteiger partial charge in [0.25, 0.3) is 0 Å². The third-order valence-corrected chi connectivity index (χ3v) is 4.33. The second-order valence-electron chi connectivity index (χ2n) is 6.53. The maximum absolute atomic E-state index is 12.8. The van der Waals surface area contributed by atoms with Crippen LogP contribution in [0.5, 0.6) is 0 Å². The molecule has 0 spiro atoms. The summed E-state index contributed by atoms with van der Waals surface area (Å²) < 4.78 is 12.8. The Morgan fingerprint density at radius 3 is 2.42 bits per heavy atom. The second-order valence-corrected chi connectivity index (χ2v) is 6.53. The molecule has 6 heteroatoms. The number of nitriles is 1. The van der Waals surface area contributed by atoms with Crippen molar-refractivity contribution in [2.45, 2.75) is 26.4 Å². The molecule has 1 N–H and O–H groups in total.